The van der Waals surface area contributed by atoms with Crippen LogP contribution in [0.4, 0.5) is 0 Å². The Morgan fingerprint density at radius 1 is 1.07 bits per heavy atom. The quantitative estimate of drug-likeness (QED) is 0.625. The van der Waals surface area contributed by atoms with Gasteiger partial charge in [-0.15, -0.1) is 0 Å². The summed E-state index contributed by atoms with van der Waals surface area (Å²) in [6.07, 6.45) is 0.561. The standard InChI is InChI=1S/C22H20O6/c1-2-25-22(24)20-17(16-8-4-6-10-19(16)28-20)13-27-21(23)15-11-14-7-3-5-9-18(14)26-12-15/h3-10,15H,2,11-13H2,1H3/t15-/m1/s1. The molecule has 6 heteroatoms. The predicted molar refractivity (Wildman–Crippen MR) is 101 cm³/mol. The van der Waals surface area contributed by atoms with E-state index in [1.807, 2.05) is 42.5 Å². The minimum absolute atomic E-state index is 0.0673. The molecule has 0 saturated carbocycles. The average Bonchev–Trinajstić information content (AvgIpc) is 3.10. The van der Waals surface area contributed by atoms with Gasteiger partial charge in [0.2, 0.25) is 5.76 Å². The third-order valence-electron chi connectivity index (χ3n) is 4.73. The van der Waals surface area contributed by atoms with E-state index >= 15 is 0 Å². The lowest BCUT2D eigenvalue weighted by Crippen LogP contribution is -2.29. The Hall–Kier alpha value is -3.28. The molecular weight excluding hydrogens is 360 g/mol. The third kappa shape index (κ3) is 3.45. The Morgan fingerprint density at radius 2 is 1.86 bits per heavy atom. The van der Waals surface area contributed by atoms with Crippen LogP contribution in [-0.4, -0.2) is 25.2 Å². The van der Waals surface area contributed by atoms with Crippen LogP contribution in [0.25, 0.3) is 11.0 Å². The number of furan rings is 1. The fourth-order valence-electron chi connectivity index (χ4n) is 3.34. The molecule has 1 aliphatic heterocycles. The molecule has 0 radical (unpaired) electrons. The van der Waals surface area contributed by atoms with Gasteiger partial charge < -0.3 is 18.6 Å². The van der Waals surface area contributed by atoms with Crippen molar-refractivity contribution in [2.75, 3.05) is 13.2 Å². The molecule has 0 fully saturated rings. The lowest BCUT2D eigenvalue weighted by atomic mass is 9.97. The Kier molecular flexibility index (Phi) is 5.02. The molecule has 1 aromatic heterocycles. The summed E-state index contributed by atoms with van der Waals surface area (Å²) in [4.78, 5) is 24.8. The lowest BCUT2D eigenvalue weighted by Gasteiger charge is -2.23. The van der Waals surface area contributed by atoms with Crippen molar-refractivity contribution in [3.05, 3.63) is 65.4 Å². The van der Waals surface area contributed by atoms with Gasteiger partial charge in [0.25, 0.3) is 0 Å². The average molecular weight is 380 g/mol. The van der Waals surface area contributed by atoms with Crippen LogP contribution in [0.2, 0.25) is 0 Å². The Balaban J connectivity index is 1.52. The van der Waals surface area contributed by atoms with Gasteiger partial charge in [-0.2, -0.15) is 0 Å². The third-order valence-corrected chi connectivity index (χ3v) is 4.73. The summed E-state index contributed by atoms with van der Waals surface area (Å²) in [6, 6.07) is 14.9. The first kappa shape index (κ1) is 18.1. The van der Waals surface area contributed by atoms with Crippen molar-refractivity contribution < 1.29 is 28.2 Å². The van der Waals surface area contributed by atoms with Gasteiger partial charge in [0, 0.05) is 5.39 Å². The zero-order valence-corrected chi connectivity index (χ0v) is 15.5. The summed E-state index contributed by atoms with van der Waals surface area (Å²) in [5, 5.41) is 0.726. The topological polar surface area (TPSA) is 75.0 Å². The number of hydrogen-bond donors (Lipinski definition) is 0. The molecule has 3 aromatic rings. The maximum Gasteiger partial charge on any atom is 0.374 e. The monoisotopic (exact) mass is 380 g/mol. The van der Waals surface area contributed by atoms with Crippen LogP contribution in [0, 0.1) is 5.92 Å². The molecule has 2 heterocycles. The highest BCUT2D eigenvalue weighted by Gasteiger charge is 2.28. The molecule has 0 unspecified atom stereocenters. The summed E-state index contributed by atoms with van der Waals surface area (Å²) in [7, 11) is 0. The molecular formula is C22H20O6. The first-order chi connectivity index (χ1) is 13.7. The van der Waals surface area contributed by atoms with E-state index in [-0.39, 0.29) is 37.5 Å². The van der Waals surface area contributed by atoms with E-state index in [1.165, 1.54) is 0 Å². The van der Waals surface area contributed by atoms with Gasteiger partial charge in [0.15, 0.2) is 0 Å². The first-order valence-electron chi connectivity index (χ1n) is 9.22. The summed E-state index contributed by atoms with van der Waals surface area (Å²) in [5.74, 6) is -0.452. The predicted octanol–water partition coefficient (Wildman–Crippen LogP) is 3.90. The smallest absolute Gasteiger partial charge is 0.374 e. The van der Waals surface area contributed by atoms with Crippen LogP contribution >= 0.6 is 0 Å². The maximum absolute atomic E-state index is 12.6. The van der Waals surface area contributed by atoms with Crippen molar-refractivity contribution in [3.63, 3.8) is 0 Å². The molecule has 1 aliphatic rings. The number of esters is 2. The summed E-state index contributed by atoms with van der Waals surface area (Å²) in [6.45, 7) is 2.16. The number of para-hydroxylation sites is 2. The van der Waals surface area contributed by atoms with E-state index < -0.39 is 5.97 Å². The number of ether oxygens (including phenoxy) is 3. The van der Waals surface area contributed by atoms with Gasteiger partial charge in [0.1, 0.15) is 24.5 Å². The van der Waals surface area contributed by atoms with Crippen LogP contribution in [0.1, 0.15) is 28.6 Å². The van der Waals surface area contributed by atoms with Crippen molar-refractivity contribution in [1.82, 2.24) is 0 Å². The molecule has 4 rings (SSSR count). The summed E-state index contributed by atoms with van der Waals surface area (Å²) < 4.78 is 21.9. The molecule has 0 bridgehead atoms. The number of fused-ring (bicyclic) bond motifs is 2. The largest absolute Gasteiger partial charge is 0.492 e. The molecule has 1 atom stereocenters. The maximum atomic E-state index is 12.6. The van der Waals surface area contributed by atoms with Crippen LogP contribution < -0.4 is 4.74 Å². The molecule has 2 aromatic carbocycles. The van der Waals surface area contributed by atoms with Crippen LogP contribution in [0.5, 0.6) is 5.75 Å². The van der Waals surface area contributed by atoms with E-state index in [2.05, 4.69) is 0 Å². The van der Waals surface area contributed by atoms with Gasteiger partial charge in [-0.1, -0.05) is 36.4 Å². The zero-order valence-electron chi connectivity index (χ0n) is 15.5. The second-order valence-electron chi connectivity index (χ2n) is 6.55. The van der Waals surface area contributed by atoms with E-state index in [4.69, 9.17) is 18.6 Å². The van der Waals surface area contributed by atoms with Crippen molar-refractivity contribution in [1.29, 1.82) is 0 Å². The normalized spacial score (nSPS) is 15.5. The highest BCUT2D eigenvalue weighted by Crippen LogP contribution is 2.30. The fourth-order valence-corrected chi connectivity index (χ4v) is 3.34. The summed E-state index contributed by atoms with van der Waals surface area (Å²) >= 11 is 0. The van der Waals surface area contributed by atoms with Crippen LogP contribution in [0.3, 0.4) is 0 Å². The molecule has 0 N–H and O–H groups in total. The lowest BCUT2D eigenvalue weighted by molar-refractivity contribution is -0.151. The number of carbonyl (C=O) groups excluding carboxylic acids is 2. The number of rotatable bonds is 5. The Morgan fingerprint density at radius 3 is 2.71 bits per heavy atom. The molecule has 0 spiro atoms. The van der Waals surface area contributed by atoms with Crippen LogP contribution in [-0.2, 0) is 27.3 Å². The minimum Gasteiger partial charge on any atom is -0.492 e. The van der Waals surface area contributed by atoms with E-state index in [9.17, 15) is 9.59 Å². The highest BCUT2D eigenvalue weighted by molar-refractivity contribution is 5.96. The van der Waals surface area contributed by atoms with E-state index in [0.29, 0.717) is 17.6 Å². The van der Waals surface area contributed by atoms with Crippen molar-refractivity contribution >= 4 is 22.9 Å². The Bertz CT molecular complexity index is 1020. The SMILES string of the molecule is CCOC(=O)c1oc2ccccc2c1COC(=O)[C@H]1COc2ccccc2C1. The molecule has 0 aliphatic carbocycles. The number of benzene rings is 2. The van der Waals surface area contributed by atoms with Crippen molar-refractivity contribution in [2.24, 2.45) is 5.92 Å². The second-order valence-corrected chi connectivity index (χ2v) is 6.55. The second kappa shape index (κ2) is 7.76. The van der Waals surface area contributed by atoms with Gasteiger partial charge in [0.05, 0.1) is 18.1 Å². The first-order valence-corrected chi connectivity index (χ1v) is 9.22. The van der Waals surface area contributed by atoms with Crippen LogP contribution in [0.15, 0.2) is 52.9 Å². The van der Waals surface area contributed by atoms with E-state index in [1.54, 1.807) is 13.0 Å². The van der Waals surface area contributed by atoms with Crippen molar-refractivity contribution in [2.45, 2.75) is 20.0 Å². The molecule has 144 valence electrons. The van der Waals surface area contributed by atoms with Gasteiger partial charge in [-0.3, -0.25) is 4.79 Å². The number of hydrogen-bond acceptors (Lipinski definition) is 6. The molecule has 28 heavy (non-hydrogen) atoms. The summed E-state index contributed by atoms with van der Waals surface area (Å²) in [5.41, 5.74) is 2.04. The minimum atomic E-state index is -0.570. The van der Waals surface area contributed by atoms with E-state index in [0.717, 1.165) is 16.7 Å². The molecule has 0 saturated heterocycles. The van der Waals surface area contributed by atoms with Gasteiger partial charge >= 0.3 is 11.9 Å². The fraction of sp³-hybridized carbons (Fsp3) is 0.273. The Labute approximate surface area is 162 Å². The molecule has 6 nitrogen and oxygen atoms in total. The van der Waals surface area contributed by atoms with Gasteiger partial charge in [-0.25, -0.2) is 4.79 Å². The van der Waals surface area contributed by atoms with Crippen molar-refractivity contribution in [3.8, 4) is 5.75 Å². The highest BCUT2D eigenvalue weighted by atomic mass is 16.6. The molecule has 0 amide bonds. The zero-order chi connectivity index (χ0) is 19.5. The number of carbonyl (C=O) groups is 2. The van der Waals surface area contributed by atoms with Gasteiger partial charge in [-0.05, 0) is 31.0 Å².